The van der Waals surface area contributed by atoms with Crippen molar-refractivity contribution in [3.05, 3.63) is 48.5 Å². The van der Waals surface area contributed by atoms with Crippen LogP contribution in [0, 0.1) is 0 Å². The molecule has 8 nitrogen and oxygen atoms in total. The average molecular weight is 432 g/mol. The van der Waals surface area contributed by atoms with Crippen molar-refractivity contribution in [2.24, 2.45) is 0 Å². The van der Waals surface area contributed by atoms with Crippen LogP contribution in [0.3, 0.4) is 0 Å². The highest BCUT2D eigenvalue weighted by Gasteiger charge is 2.41. The van der Waals surface area contributed by atoms with Crippen molar-refractivity contribution >= 4 is 23.3 Å². The monoisotopic (exact) mass is 431 g/mol. The number of nitrogens with zero attached hydrogens (tertiary/aromatic N) is 1. The summed E-state index contributed by atoms with van der Waals surface area (Å²) in [5, 5.41) is 5.24. The van der Waals surface area contributed by atoms with Gasteiger partial charge >= 0.3 is 0 Å². The minimum Gasteiger partial charge on any atom is -0.497 e. The zero-order valence-corrected chi connectivity index (χ0v) is 17.7. The number of carbonyl (C=O) groups is 2. The van der Waals surface area contributed by atoms with Crippen LogP contribution in [0.25, 0.3) is 0 Å². The summed E-state index contributed by atoms with van der Waals surface area (Å²) in [5.41, 5.74) is -0.822. The fraction of sp³-hybridized carbons (Fsp3) is 0.333. The van der Waals surface area contributed by atoms with Crippen molar-refractivity contribution in [1.82, 2.24) is 14.9 Å². The van der Waals surface area contributed by atoms with Gasteiger partial charge in [0.1, 0.15) is 33.8 Å². The topological polar surface area (TPSA) is 97.0 Å². The Hall–Kier alpha value is -2.75. The van der Waals surface area contributed by atoms with E-state index < -0.39 is 16.5 Å². The average Bonchev–Trinajstić information content (AvgIpc) is 2.80. The van der Waals surface area contributed by atoms with E-state index in [4.69, 9.17) is 9.47 Å². The molecule has 1 atom stereocenters. The Bertz CT molecular complexity index is 894. The van der Waals surface area contributed by atoms with Gasteiger partial charge in [-0.1, -0.05) is 0 Å². The van der Waals surface area contributed by atoms with Crippen LogP contribution in [0.1, 0.15) is 12.8 Å². The van der Waals surface area contributed by atoms with E-state index >= 15 is 0 Å². The molecular formula is C21H25N3O5S. The number of hydrogen-bond donors (Lipinski definition) is 2. The van der Waals surface area contributed by atoms with Crippen LogP contribution in [0.5, 0.6) is 17.2 Å². The third kappa shape index (κ3) is 4.86. The second-order valence-corrected chi connectivity index (χ2v) is 8.34. The van der Waals surface area contributed by atoms with E-state index in [1.54, 1.807) is 38.4 Å². The number of amides is 2. The molecule has 9 heteroatoms. The van der Waals surface area contributed by atoms with Crippen LogP contribution in [-0.4, -0.2) is 53.6 Å². The lowest BCUT2D eigenvalue weighted by Gasteiger charge is -2.39. The fourth-order valence-corrected chi connectivity index (χ4v) is 4.55. The van der Waals surface area contributed by atoms with Crippen LogP contribution in [-0.2, 0) is 20.6 Å². The van der Waals surface area contributed by atoms with Gasteiger partial charge in [0.25, 0.3) is 0 Å². The number of methoxy groups -OCH3 is 1. The highest BCUT2D eigenvalue weighted by Crippen LogP contribution is 2.27. The first-order chi connectivity index (χ1) is 14.5. The van der Waals surface area contributed by atoms with Gasteiger partial charge < -0.3 is 14.8 Å². The molecule has 1 heterocycles. The standard InChI is InChI=1S/C21H25N3O5S/c1-22-21(20(26)23-15-25)11-13-24(14-12-21)30(27)19-9-7-18(8-10-19)29-17-5-3-16(28-2)4-6-17/h3-10,15,22H,11-14H2,1-2H3,(H,23,25,26). The third-order valence-corrected chi connectivity index (χ3v) is 6.74. The number of likely N-dealkylation sites (N-methyl/N-ethyl adjacent to an activating group) is 1. The van der Waals surface area contributed by atoms with E-state index in [0.717, 1.165) is 5.75 Å². The molecule has 1 aliphatic rings. The molecule has 0 radical (unpaired) electrons. The number of rotatable bonds is 8. The minimum atomic E-state index is -1.35. The van der Waals surface area contributed by atoms with Crippen LogP contribution in [0.2, 0.25) is 0 Å². The highest BCUT2D eigenvalue weighted by molar-refractivity contribution is 7.82. The Kier molecular flexibility index (Phi) is 7.20. The number of nitrogens with one attached hydrogen (secondary N) is 2. The fourth-order valence-electron chi connectivity index (χ4n) is 3.37. The summed E-state index contributed by atoms with van der Waals surface area (Å²) in [6, 6.07) is 14.3. The second kappa shape index (κ2) is 9.84. The molecule has 160 valence electrons. The first-order valence-electron chi connectivity index (χ1n) is 9.53. The Morgan fingerprint density at radius 3 is 2.07 bits per heavy atom. The SMILES string of the molecule is CNC1(C(=O)NC=O)CCN(S(=O)c2ccc(Oc3ccc(OC)cc3)cc2)CC1. The van der Waals surface area contributed by atoms with Crippen LogP contribution in [0.4, 0.5) is 0 Å². The maximum Gasteiger partial charge on any atom is 0.246 e. The molecule has 1 fully saturated rings. The molecule has 0 saturated carbocycles. The smallest absolute Gasteiger partial charge is 0.246 e. The van der Waals surface area contributed by atoms with Crippen molar-refractivity contribution in [3.8, 4) is 17.2 Å². The van der Waals surface area contributed by atoms with Crippen molar-refractivity contribution in [2.45, 2.75) is 23.3 Å². The van der Waals surface area contributed by atoms with Crippen molar-refractivity contribution < 1.29 is 23.3 Å². The lowest BCUT2D eigenvalue weighted by atomic mass is 9.87. The predicted octanol–water partition coefficient (Wildman–Crippen LogP) is 1.84. The molecule has 0 aliphatic carbocycles. The van der Waals surface area contributed by atoms with E-state index in [9.17, 15) is 13.8 Å². The molecule has 0 aromatic heterocycles. The van der Waals surface area contributed by atoms with Gasteiger partial charge in [-0.2, -0.15) is 0 Å². The first-order valence-corrected chi connectivity index (χ1v) is 10.6. The molecule has 3 rings (SSSR count). The van der Waals surface area contributed by atoms with E-state index in [1.807, 2.05) is 28.6 Å². The van der Waals surface area contributed by atoms with Crippen LogP contribution >= 0.6 is 0 Å². The molecular weight excluding hydrogens is 406 g/mol. The van der Waals surface area contributed by atoms with Crippen molar-refractivity contribution in [1.29, 1.82) is 0 Å². The number of hydrogen-bond acceptors (Lipinski definition) is 6. The Balaban J connectivity index is 1.60. The second-order valence-electron chi connectivity index (χ2n) is 6.85. The van der Waals surface area contributed by atoms with Gasteiger partial charge in [-0.3, -0.25) is 14.9 Å². The number of piperidine rings is 1. The molecule has 2 aromatic carbocycles. The van der Waals surface area contributed by atoms with E-state index in [0.29, 0.717) is 48.7 Å². The summed E-state index contributed by atoms with van der Waals surface area (Å²) in [5.74, 6) is 1.71. The molecule has 2 aromatic rings. The van der Waals surface area contributed by atoms with Gasteiger partial charge in [0.15, 0.2) is 0 Å². The van der Waals surface area contributed by atoms with Crippen molar-refractivity contribution in [3.63, 3.8) is 0 Å². The van der Waals surface area contributed by atoms with Gasteiger partial charge in [-0.15, -0.1) is 0 Å². The summed E-state index contributed by atoms with van der Waals surface area (Å²) in [7, 11) is 1.95. The molecule has 30 heavy (non-hydrogen) atoms. The maximum absolute atomic E-state index is 12.9. The predicted molar refractivity (Wildman–Crippen MR) is 113 cm³/mol. The maximum atomic E-state index is 12.9. The zero-order chi connectivity index (χ0) is 21.6. The summed E-state index contributed by atoms with van der Waals surface area (Å²) in [6.45, 7) is 0.924. The van der Waals surface area contributed by atoms with Gasteiger partial charge in [0.05, 0.1) is 12.0 Å². The Morgan fingerprint density at radius 2 is 1.57 bits per heavy atom. The van der Waals surface area contributed by atoms with E-state index in [-0.39, 0.29) is 5.91 Å². The summed E-state index contributed by atoms with van der Waals surface area (Å²) < 4.78 is 25.7. The normalized spacial score (nSPS) is 17.0. The zero-order valence-electron chi connectivity index (χ0n) is 16.9. The quantitative estimate of drug-likeness (QED) is 0.619. The first kappa shape index (κ1) is 21.9. The molecule has 0 spiro atoms. The van der Waals surface area contributed by atoms with Crippen molar-refractivity contribution in [2.75, 3.05) is 27.2 Å². The Morgan fingerprint density at radius 1 is 1.03 bits per heavy atom. The molecule has 1 saturated heterocycles. The number of carbonyl (C=O) groups excluding carboxylic acids is 2. The van der Waals surface area contributed by atoms with E-state index in [1.165, 1.54) is 0 Å². The summed E-state index contributed by atoms with van der Waals surface area (Å²) >= 11 is 0. The summed E-state index contributed by atoms with van der Waals surface area (Å²) in [4.78, 5) is 23.5. The minimum absolute atomic E-state index is 0.356. The van der Waals surface area contributed by atoms with Crippen LogP contribution in [0.15, 0.2) is 53.4 Å². The Labute approximate surface area is 178 Å². The molecule has 1 unspecified atom stereocenters. The summed E-state index contributed by atoms with van der Waals surface area (Å²) in [6.07, 6.45) is 1.29. The molecule has 2 amide bonds. The molecule has 1 aliphatic heterocycles. The van der Waals surface area contributed by atoms with Gasteiger partial charge in [-0.05, 0) is 68.4 Å². The van der Waals surface area contributed by atoms with Gasteiger partial charge in [-0.25, -0.2) is 8.51 Å². The van der Waals surface area contributed by atoms with E-state index in [2.05, 4.69) is 10.6 Å². The number of ether oxygens (including phenoxy) is 2. The van der Waals surface area contributed by atoms with Gasteiger partial charge in [0, 0.05) is 13.1 Å². The van der Waals surface area contributed by atoms with Gasteiger partial charge in [0.2, 0.25) is 12.3 Å². The molecule has 2 N–H and O–H groups in total. The molecule has 0 bridgehead atoms. The number of benzene rings is 2. The third-order valence-electron chi connectivity index (χ3n) is 5.23. The lowest BCUT2D eigenvalue weighted by molar-refractivity contribution is -0.131. The lowest BCUT2D eigenvalue weighted by Crippen LogP contribution is -2.60. The highest BCUT2D eigenvalue weighted by atomic mass is 32.2. The number of imide groups is 1. The van der Waals surface area contributed by atoms with Crippen LogP contribution < -0.4 is 20.1 Å². The largest absolute Gasteiger partial charge is 0.497 e.